The Labute approximate surface area is 229 Å². The van der Waals surface area contributed by atoms with E-state index in [4.69, 9.17) is 14.2 Å². The van der Waals surface area contributed by atoms with Crippen molar-refractivity contribution in [2.24, 2.45) is 0 Å². The first-order chi connectivity index (χ1) is 18.7. The molecule has 0 unspecified atom stereocenters. The first-order valence-electron chi connectivity index (χ1n) is 13.1. The molecule has 0 atom stereocenters. The molecule has 0 saturated carbocycles. The normalized spacial score (nSPS) is 11.1. The molecule has 0 spiro atoms. The van der Waals surface area contributed by atoms with E-state index in [2.05, 4.69) is 25.9 Å². The van der Waals surface area contributed by atoms with Crippen molar-refractivity contribution >= 4 is 34.4 Å². The van der Waals surface area contributed by atoms with Crippen molar-refractivity contribution in [2.45, 2.75) is 58.5 Å². The Morgan fingerprint density at radius 2 is 1.49 bits per heavy atom. The molecule has 39 heavy (non-hydrogen) atoms. The van der Waals surface area contributed by atoms with Crippen molar-refractivity contribution in [3.63, 3.8) is 0 Å². The fourth-order valence-corrected chi connectivity index (χ4v) is 3.91. The van der Waals surface area contributed by atoms with Gasteiger partial charge in [0.05, 0.1) is 26.2 Å². The second-order valence-electron chi connectivity index (χ2n) is 10.1. The number of anilines is 2. The molecular weight excluding hydrogens is 498 g/mol. The van der Waals surface area contributed by atoms with Gasteiger partial charge in [0.1, 0.15) is 17.7 Å². The molecule has 2 aromatic carbocycles. The number of carbonyl (C=O) groups excluding carboxylic acids is 2. The highest BCUT2D eigenvalue weighted by atomic mass is 16.6. The monoisotopic (exact) mass is 537 g/mol. The van der Waals surface area contributed by atoms with Gasteiger partial charge >= 0.3 is 6.09 Å². The molecule has 10 nitrogen and oxygen atoms in total. The van der Waals surface area contributed by atoms with Crippen LogP contribution in [0.1, 0.15) is 52.0 Å². The van der Waals surface area contributed by atoms with Gasteiger partial charge < -0.3 is 30.2 Å². The van der Waals surface area contributed by atoms with Gasteiger partial charge in [-0.25, -0.2) is 14.8 Å². The van der Waals surface area contributed by atoms with Crippen LogP contribution in [0.4, 0.5) is 16.3 Å². The van der Waals surface area contributed by atoms with Crippen molar-refractivity contribution in [1.29, 1.82) is 0 Å². The lowest BCUT2D eigenvalue weighted by Gasteiger charge is -2.19. The minimum absolute atomic E-state index is 0.00913. The maximum absolute atomic E-state index is 12.3. The molecule has 0 aliphatic heterocycles. The maximum Gasteiger partial charge on any atom is 0.407 e. The highest BCUT2D eigenvalue weighted by Crippen LogP contribution is 2.34. The van der Waals surface area contributed by atoms with Gasteiger partial charge in [-0.1, -0.05) is 25.0 Å². The minimum atomic E-state index is -0.487. The molecule has 0 aliphatic rings. The summed E-state index contributed by atoms with van der Waals surface area (Å²) in [7, 11) is 3.17. The van der Waals surface area contributed by atoms with Gasteiger partial charge in [0.25, 0.3) is 0 Å². The van der Waals surface area contributed by atoms with Crippen LogP contribution in [0.2, 0.25) is 0 Å². The van der Waals surface area contributed by atoms with Crippen LogP contribution in [0.15, 0.2) is 42.7 Å². The van der Waals surface area contributed by atoms with E-state index in [-0.39, 0.29) is 12.0 Å². The number of nitrogens with one attached hydrogen (secondary N) is 3. The second-order valence-corrected chi connectivity index (χ2v) is 10.1. The third kappa shape index (κ3) is 9.63. The maximum atomic E-state index is 12.3. The molecular formula is C29H39N5O5. The zero-order valence-corrected chi connectivity index (χ0v) is 23.4. The standard InChI is InChI=1S/C29H39N5O5/c1-29(2,3)39-28(36)31-15-9-7-6-8-14-30-26(35)16-20-10-12-21(13-11-20)34-27-22-17-24(37-4)25(38-5)18-23(22)32-19-33-27/h10-13,17-19H,6-9,14-16H2,1-5H3,(H,30,35)(H,31,36)(H,32,33,34). The Morgan fingerprint density at radius 3 is 2.13 bits per heavy atom. The molecule has 0 radical (unpaired) electrons. The number of rotatable bonds is 13. The molecule has 10 heteroatoms. The zero-order valence-electron chi connectivity index (χ0n) is 23.4. The largest absolute Gasteiger partial charge is 0.493 e. The average Bonchev–Trinajstić information content (AvgIpc) is 2.89. The van der Waals surface area contributed by atoms with E-state index >= 15 is 0 Å². The van der Waals surface area contributed by atoms with Crippen LogP contribution in [0.5, 0.6) is 11.5 Å². The topological polar surface area (TPSA) is 124 Å². The molecule has 3 N–H and O–H groups in total. The summed E-state index contributed by atoms with van der Waals surface area (Å²) in [6.45, 7) is 6.74. The summed E-state index contributed by atoms with van der Waals surface area (Å²) < 4.78 is 16.0. The van der Waals surface area contributed by atoms with Gasteiger partial charge in [-0.15, -0.1) is 0 Å². The van der Waals surface area contributed by atoms with Crippen LogP contribution in [0, 0.1) is 0 Å². The highest BCUT2D eigenvalue weighted by Gasteiger charge is 2.15. The van der Waals surface area contributed by atoms with E-state index in [1.54, 1.807) is 14.2 Å². The van der Waals surface area contributed by atoms with E-state index < -0.39 is 5.60 Å². The summed E-state index contributed by atoms with van der Waals surface area (Å²) >= 11 is 0. The lowest BCUT2D eigenvalue weighted by Crippen LogP contribution is -2.33. The van der Waals surface area contributed by atoms with Crippen molar-refractivity contribution < 1.29 is 23.8 Å². The highest BCUT2D eigenvalue weighted by molar-refractivity contribution is 5.93. The number of benzene rings is 2. The van der Waals surface area contributed by atoms with Crippen molar-refractivity contribution in [3.05, 3.63) is 48.3 Å². The van der Waals surface area contributed by atoms with Crippen molar-refractivity contribution in [2.75, 3.05) is 32.6 Å². The third-order valence-corrected chi connectivity index (χ3v) is 5.82. The quantitative estimate of drug-likeness (QED) is 0.256. The molecule has 3 rings (SSSR count). The number of carbonyl (C=O) groups is 2. The van der Waals surface area contributed by atoms with E-state index in [0.717, 1.165) is 47.8 Å². The molecule has 0 fully saturated rings. The van der Waals surface area contributed by atoms with Crippen LogP contribution in [-0.4, -0.2) is 54.9 Å². The van der Waals surface area contributed by atoms with E-state index in [0.29, 0.717) is 36.8 Å². The summed E-state index contributed by atoms with van der Waals surface area (Å²) in [6, 6.07) is 11.3. The molecule has 210 valence electrons. The first-order valence-corrected chi connectivity index (χ1v) is 13.1. The Morgan fingerprint density at radius 1 is 0.846 bits per heavy atom. The van der Waals surface area contributed by atoms with Crippen LogP contribution >= 0.6 is 0 Å². The summed E-state index contributed by atoms with van der Waals surface area (Å²) in [5, 5.41) is 9.86. The van der Waals surface area contributed by atoms with E-state index in [9.17, 15) is 9.59 Å². The Balaban J connectivity index is 1.39. The predicted octanol–water partition coefficient (Wildman–Crippen LogP) is 5.13. The molecule has 3 aromatic rings. The van der Waals surface area contributed by atoms with Crippen molar-refractivity contribution in [1.82, 2.24) is 20.6 Å². The van der Waals surface area contributed by atoms with Gasteiger partial charge in [0.15, 0.2) is 11.5 Å². The molecule has 1 heterocycles. The molecule has 1 aromatic heterocycles. The molecule has 0 aliphatic carbocycles. The predicted molar refractivity (Wildman–Crippen MR) is 152 cm³/mol. The number of unbranched alkanes of at least 4 members (excludes halogenated alkanes) is 3. The van der Waals surface area contributed by atoms with Gasteiger partial charge in [0, 0.05) is 30.2 Å². The number of ether oxygens (including phenoxy) is 3. The summed E-state index contributed by atoms with van der Waals surface area (Å²) in [4.78, 5) is 32.7. The van der Waals surface area contributed by atoms with E-state index in [1.807, 2.05) is 57.2 Å². The zero-order chi connectivity index (χ0) is 28.3. The summed E-state index contributed by atoms with van der Waals surface area (Å²) in [5.41, 5.74) is 2.01. The lowest BCUT2D eigenvalue weighted by molar-refractivity contribution is -0.120. The minimum Gasteiger partial charge on any atom is -0.493 e. The second kappa shape index (κ2) is 14.2. The Kier molecular flexibility index (Phi) is 10.7. The number of hydrogen-bond acceptors (Lipinski definition) is 8. The smallest absolute Gasteiger partial charge is 0.407 e. The first kappa shape index (κ1) is 29.5. The van der Waals surface area contributed by atoms with Gasteiger partial charge in [-0.2, -0.15) is 0 Å². The summed E-state index contributed by atoms with van der Waals surface area (Å²) in [5.74, 6) is 1.83. The Bertz CT molecular complexity index is 1240. The number of hydrogen-bond donors (Lipinski definition) is 3. The molecule has 2 amide bonds. The fraction of sp³-hybridized carbons (Fsp3) is 0.448. The molecule has 0 saturated heterocycles. The molecule has 0 bridgehead atoms. The summed E-state index contributed by atoms with van der Waals surface area (Å²) in [6.07, 6.45) is 5.15. The van der Waals surface area contributed by atoms with Crippen LogP contribution in [0.3, 0.4) is 0 Å². The van der Waals surface area contributed by atoms with E-state index in [1.165, 1.54) is 6.33 Å². The van der Waals surface area contributed by atoms with Crippen LogP contribution in [-0.2, 0) is 16.0 Å². The number of aromatic nitrogens is 2. The number of alkyl carbamates (subject to hydrolysis) is 1. The number of fused-ring (bicyclic) bond motifs is 1. The van der Waals surface area contributed by atoms with Crippen molar-refractivity contribution in [3.8, 4) is 11.5 Å². The average molecular weight is 538 g/mol. The van der Waals surface area contributed by atoms with Gasteiger partial charge in [0.2, 0.25) is 5.91 Å². The van der Waals surface area contributed by atoms with Gasteiger partial charge in [-0.3, -0.25) is 4.79 Å². The van der Waals surface area contributed by atoms with Crippen LogP contribution < -0.4 is 25.4 Å². The van der Waals surface area contributed by atoms with Crippen LogP contribution in [0.25, 0.3) is 10.9 Å². The third-order valence-electron chi connectivity index (χ3n) is 5.82. The number of methoxy groups -OCH3 is 2. The lowest BCUT2D eigenvalue weighted by atomic mass is 10.1. The Hall–Kier alpha value is -4.08. The number of nitrogens with zero attached hydrogens (tertiary/aromatic N) is 2. The number of amides is 2. The SMILES string of the molecule is COc1cc2ncnc(Nc3ccc(CC(=O)NCCCCCCNC(=O)OC(C)(C)C)cc3)c2cc1OC. The fourth-order valence-electron chi connectivity index (χ4n) is 3.91. The van der Waals surface area contributed by atoms with Gasteiger partial charge in [-0.05, 0) is 57.4 Å².